The third kappa shape index (κ3) is 3.55. The van der Waals surface area contributed by atoms with Gasteiger partial charge in [-0.1, -0.05) is 17.7 Å². The summed E-state index contributed by atoms with van der Waals surface area (Å²) in [6.07, 6.45) is 6.61. The van der Waals surface area contributed by atoms with Gasteiger partial charge < -0.3 is 19.8 Å². The van der Waals surface area contributed by atoms with Crippen molar-refractivity contribution in [1.29, 1.82) is 0 Å². The van der Waals surface area contributed by atoms with E-state index in [0.717, 1.165) is 37.8 Å². The molecular weight excluding hydrogens is 390 g/mol. The summed E-state index contributed by atoms with van der Waals surface area (Å²) >= 11 is 6.44. The number of aliphatic hydroxyl groups excluding tert-OH is 1. The number of halogens is 1. The van der Waals surface area contributed by atoms with Crippen LogP contribution in [-0.4, -0.2) is 52.4 Å². The van der Waals surface area contributed by atoms with Crippen molar-refractivity contribution in [2.45, 2.75) is 56.6 Å². The van der Waals surface area contributed by atoms with Crippen molar-refractivity contribution in [2.75, 3.05) is 19.8 Å². The Morgan fingerprint density at radius 3 is 2.62 bits per heavy atom. The first kappa shape index (κ1) is 19.7. The molecule has 1 saturated heterocycles. The summed E-state index contributed by atoms with van der Waals surface area (Å²) in [5.74, 6) is 2.50. The van der Waals surface area contributed by atoms with Gasteiger partial charge in [-0.25, -0.2) is 0 Å². The van der Waals surface area contributed by atoms with E-state index in [9.17, 15) is 9.90 Å². The number of amides is 1. The zero-order valence-electron chi connectivity index (χ0n) is 16.7. The molecule has 1 aromatic rings. The molecule has 29 heavy (non-hydrogen) atoms. The monoisotopic (exact) mass is 419 g/mol. The molecule has 1 amide bonds. The minimum atomic E-state index is -0.456. The first-order valence-electron chi connectivity index (χ1n) is 11.0. The van der Waals surface area contributed by atoms with Gasteiger partial charge in [-0.15, -0.1) is 0 Å². The molecule has 5 nitrogen and oxygen atoms in total. The summed E-state index contributed by atoms with van der Waals surface area (Å²) in [4.78, 5) is 15.5. The molecule has 1 heterocycles. The first-order valence-corrected chi connectivity index (χ1v) is 11.4. The minimum absolute atomic E-state index is 0.0167. The molecule has 6 rings (SSSR count). The molecule has 4 saturated carbocycles. The Balaban J connectivity index is 1.26. The van der Waals surface area contributed by atoms with E-state index in [1.54, 1.807) is 6.07 Å². The van der Waals surface area contributed by atoms with Gasteiger partial charge in [0, 0.05) is 23.5 Å². The van der Waals surface area contributed by atoms with Crippen LogP contribution >= 0.6 is 11.6 Å². The van der Waals surface area contributed by atoms with Crippen molar-refractivity contribution in [2.24, 2.45) is 23.7 Å². The van der Waals surface area contributed by atoms with Crippen molar-refractivity contribution < 1.29 is 19.7 Å². The zero-order valence-corrected chi connectivity index (χ0v) is 17.5. The van der Waals surface area contributed by atoms with Gasteiger partial charge in [0.25, 0.3) is 0 Å². The Morgan fingerprint density at radius 1 is 1.21 bits per heavy atom. The molecule has 5 aliphatic rings. The quantitative estimate of drug-likeness (QED) is 0.743. The van der Waals surface area contributed by atoms with Gasteiger partial charge in [0.1, 0.15) is 12.4 Å². The van der Waals surface area contributed by atoms with E-state index in [1.165, 1.54) is 12.8 Å². The fraction of sp³-hybridized carbons (Fsp3) is 0.696. The van der Waals surface area contributed by atoms with E-state index < -0.39 is 5.60 Å². The summed E-state index contributed by atoms with van der Waals surface area (Å²) in [5.41, 5.74) is 0.519. The summed E-state index contributed by atoms with van der Waals surface area (Å²) in [6.45, 7) is 1.04. The molecule has 158 valence electrons. The van der Waals surface area contributed by atoms with Crippen LogP contribution in [0, 0.1) is 23.7 Å². The number of carbonyl (C=O) groups excluding carboxylic acids is 1. The Bertz CT molecular complexity index is 783. The molecule has 6 atom stereocenters. The number of nitrogens with zero attached hydrogens (tertiary/aromatic N) is 1. The summed E-state index contributed by atoms with van der Waals surface area (Å²) < 4.78 is 5.41. The highest BCUT2D eigenvalue weighted by molar-refractivity contribution is 6.31. The Labute approximate surface area is 177 Å². The standard InChI is InChI=1S/C23H30ClNO4/c24-20-10-19(29-6-5-26)2-1-15(20)9-16-3-4-25(22(16)27)21-17-7-14-8-18(21)13-23(28,11-14)12-17/h1-2,10,14,16-18,21,26,28H,3-9,11-13H2/t14?,16?,17-,18?,21?,23?/m0/s1. The SMILES string of the molecule is O=C1C(Cc2ccc(OCCO)cc2Cl)CCN1C1C2CC3C[C@H]1CC(O)(C3)C2. The Kier molecular flexibility index (Phi) is 5.04. The van der Waals surface area contributed by atoms with Crippen LogP contribution in [0.2, 0.25) is 5.02 Å². The third-order valence-corrected chi connectivity index (χ3v) is 8.10. The van der Waals surface area contributed by atoms with E-state index >= 15 is 0 Å². The molecule has 0 spiro atoms. The van der Waals surface area contributed by atoms with Gasteiger partial charge in [0.15, 0.2) is 0 Å². The van der Waals surface area contributed by atoms with E-state index in [0.29, 0.717) is 41.0 Å². The molecule has 5 unspecified atom stereocenters. The second-order valence-corrected chi connectivity index (χ2v) is 10.1. The lowest BCUT2D eigenvalue weighted by atomic mass is 9.52. The number of hydrogen-bond acceptors (Lipinski definition) is 4. The lowest BCUT2D eigenvalue weighted by Crippen LogP contribution is -2.62. The number of benzene rings is 1. The highest BCUT2D eigenvalue weighted by atomic mass is 35.5. The molecule has 4 bridgehead atoms. The van der Waals surface area contributed by atoms with E-state index in [4.69, 9.17) is 21.4 Å². The predicted molar refractivity (Wildman–Crippen MR) is 110 cm³/mol. The Morgan fingerprint density at radius 2 is 1.97 bits per heavy atom. The lowest BCUT2D eigenvalue weighted by molar-refractivity contribution is -0.168. The average molecular weight is 420 g/mol. The van der Waals surface area contributed by atoms with Crippen molar-refractivity contribution >= 4 is 17.5 Å². The van der Waals surface area contributed by atoms with E-state index in [1.807, 2.05) is 12.1 Å². The number of rotatable bonds is 6. The smallest absolute Gasteiger partial charge is 0.226 e. The largest absolute Gasteiger partial charge is 0.491 e. The van der Waals surface area contributed by atoms with Gasteiger partial charge in [0.05, 0.1) is 12.2 Å². The predicted octanol–water partition coefficient (Wildman–Crippen LogP) is 3.04. The summed E-state index contributed by atoms with van der Waals surface area (Å²) in [7, 11) is 0. The molecule has 1 aliphatic heterocycles. The number of aliphatic hydroxyl groups is 2. The maximum Gasteiger partial charge on any atom is 0.226 e. The number of likely N-dealkylation sites (tertiary alicyclic amines) is 1. The number of ether oxygens (including phenoxy) is 1. The maximum atomic E-state index is 13.3. The normalized spacial score (nSPS) is 38.1. The van der Waals surface area contributed by atoms with Crippen molar-refractivity contribution in [3.8, 4) is 5.75 Å². The van der Waals surface area contributed by atoms with E-state index in [2.05, 4.69) is 4.90 Å². The fourth-order valence-corrected chi connectivity index (χ4v) is 7.17. The van der Waals surface area contributed by atoms with Gasteiger partial charge in [-0.05, 0) is 80.4 Å². The van der Waals surface area contributed by atoms with Crippen LogP contribution in [0.5, 0.6) is 5.75 Å². The Hall–Kier alpha value is -1.30. The average Bonchev–Trinajstić information content (AvgIpc) is 3.01. The van der Waals surface area contributed by atoms with Crippen LogP contribution in [0.15, 0.2) is 18.2 Å². The second kappa shape index (κ2) is 7.44. The van der Waals surface area contributed by atoms with Crippen molar-refractivity contribution in [1.82, 2.24) is 4.90 Å². The molecule has 4 aliphatic carbocycles. The van der Waals surface area contributed by atoms with Crippen LogP contribution in [0.25, 0.3) is 0 Å². The highest BCUT2D eigenvalue weighted by Gasteiger charge is 2.57. The zero-order chi connectivity index (χ0) is 20.2. The lowest BCUT2D eigenvalue weighted by Gasteiger charge is -2.59. The minimum Gasteiger partial charge on any atom is -0.491 e. The molecule has 5 fully saturated rings. The van der Waals surface area contributed by atoms with Crippen molar-refractivity contribution in [3.05, 3.63) is 28.8 Å². The van der Waals surface area contributed by atoms with Crippen LogP contribution in [-0.2, 0) is 11.2 Å². The second-order valence-electron chi connectivity index (χ2n) is 9.73. The van der Waals surface area contributed by atoms with Crippen molar-refractivity contribution in [3.63, 3.8) is 0 Å². The van der Waals surface area contributed by atoms with Crippen LogP contribution in [0.1, 0.15) is 44.1 Å². The highest BCUT2D eigenvalue weighted by Crippen LogP contribution is 2.57. The fourth-order valence-electron chi connectivity index (χ4n) is 6.92. The van der Waals surface area contributed by atoms with Gasteiger partial charge in [0.2, 0.25) is 5.91 Å². The van der Waals surface area contributed by atoms with Crippen LogP contribution < -0.4 is 4.74 Å². The summed E-state index contributed by atoms with van der Waals surface area (Å²) in [6, 6.07) is 5.88. The maximum absolute atomic E-state index is 13.3. The van der Waals surface area contributed by atoms with Crippen LogP contribution in [0.3, 0.4) is 0 Å². The topological polar surface area (TPSA) is 70.0 Å². The summed E-state index contributed by atoms with van der Waals surface area (Å²) in [5, 5.41) is 20.3. The molecule has 1 aromatic carbocycles. The molecule has 0 aromatic heterocycles. The molecule has 2 N–H and O–H groups in total. The first-order chi connectivity index (χ1) is 14.0. The van der Waals surface area contributed by atoms with Gasteiger partial charge in [-0.2, -0.15) is 0 Å². The van der Waals surface area contributed by atoms with E-state index in [-0.39, 0.29) is 25.0 Å². The molecule has 6 heteroatoms. The molecular formula is C23H30ClNO4. The molecule has 0 radical (unpaired) electrons. The number of hydrogen-bond donors (Lipinski definition) is 2. The number of carbonyl (C=O) groups is 1. The van der Waals surface area contributed by atoms with Gasteiger partial charge >= 0.3 is 0 Å². The third-order valence-electron chi connectivity index (χ3n) is 7.75. The van der Waals surface area contributed by atoms with Gasteiger partial charge in [-0.3, -0.25) is 4.79 Å². The van der Waals surface area contributed by atoms with Crippen LogP contribution in [0.4, 0.5) is 0 Å².